The van der Waals surface area contributed by atoms with Gasteiger partial charge < -0.3 is 19.8 Å². The number of amides is 2. The SMILES string of the molecule is CN(Cc1ccco1)C(=O)COc1ccccc1C(N)=O. The summed E-state index contributed by atoms with van der Waals surface area (Å²) >= 11 is 0. The third-order valence-electron chi connectivity index (χ3n) is 2.90. The molecule has 0 radical (unpaired) electrons. The molecule has 0 aliphatic rings. The highest BCUT2D eigenvalue weighted by Gasteiger charge is 2.14. The van der Waals surface area contributed by atoms with Crippen LogP contribution in [0.15, 0.2) is 47.1 Å². The lowest BCUT2D eigenvalue weighted by atomic mass is 10.2. The van der Waals surface area contributed by atoms with Gasteiger partial charge in [0, 0.05) is 7.05 Å². The van der Waals surface area contributed by atoms with Crippen LogP contribution in [0.1, 0.15) is 16.1 Å². The highest BCUT2D eigenvalue weighted by molar-refractivity contribution is 5.95. The molecule has 0 aliphatic carbocycles. The number of hydrogen-bond donors (Lipinski definition) is 1. The van der Waals surface area contributed by atoms with Gasteiger partial charge in [-0.05, 0) is 24.3 Å². The minimum Gasteiger partial charge on any atom is -0.483 e. The minimum absolute atomic E-state index is 0.179. The van der Waals surface area contributed by atoms with Gasteiger partial charge >= 0.3 is 0 Å². The molecular weight excluding hydrogens is 272 g/mol. The van der Waals surface area contributed by atoms with Crippen molar-refractivity contribution in [3.63, 3.8) is 0 Å². The predicted molar refractivity (Wildman–Crippen MR) is 75.6 cm³/mol. The molecule has 0 fully saturated rings. The van der Waals surface area contributed by atoms with Crippen molar-refractivity contribution in [2.24, 2.45) is 5.73 Å². The zero-order chi connectivity index (χ0) is 15.2. The quantitative estimate of drug-likeness (QED) is 0.871. The van der Waals surface area contributed by atoms with E-state index in [1.807, 2.05) is 0 Å². The number of likely N-dealkylation sites (N-methyl/N-ethyl adjacent to an activating group) is 1. The highest BCUT2D eigenvalue weighted by atomic mass is 16.5. The van der Waals surface area contributed by atoms with Crippen molar-refractivity contribution in [3.05, 3.63) is 54.0 Å². The number of nitrogens with zero attached hydrogens (tertiary/aromatic N) is 1. The van der Waals surface area contributed by atoms with Gasteiger partial charge in [-0.25, -0.2) is 0 Å². The molecule has 0 unspecified atom stereocenters. The topological polar surface area (TPSA) is 85.8 Å². The molecule has 1 aromatic heterocycles. The number of furan rings is 1. The van der Waals surface area contributed by atoms with Crippen molar-refractivity contribution in [2.75, 3.05) is 13.7 Å². The van der Waals surface area contributed by atoms with Gasteiger partial charge in [0.2, 0.25) is 0 Å². The minimum atomic E-state index is -0.595. The summed E-state index contributed by atoms with van der Waals surface area (Å²) in [5.41, 5.74) is 5.49. The number of rotatable bonds is 6. The first-order chi connectivity index (χ1) is 10.1. The number of nitrogens with two attached hydrogens (primary N) is 1. The molecule has 6 nitrogen and oxygen atoms in total. The summed E-state index contributed by atoms with van der Waals surface area (Å²) in [5, 5.41) is 0. The fourth-order valence-corrected chi connectivity index (χ4v) is 1.77. The lowest BCUT2D eigenvalue weighted by Gasteiger charge is -2.16. The van der Waals surface area contributed by atoms with Crippen LogP contribution in [0.5, 0.6) is 5.75 Å². The Balaban J connectivity index is 1.93. The normalized spacial score (nSPS) is 10.1. The second-order valence-corrected chi connectivity index (χ2v) is 4.48. The number of primary amides is 1. The van der Waals surface area contributed by atoms with Crippen LogP contribution in [-0.4, -0.2) is 30.4 Å². The van der Waals surface area contributed by atoms with Crippen LogP contribution >= 0.6 is 0 Å². The van der Waals surface area contributed by atoms with Crippen molar-refractivity contribution in [2.45, 2.75) is 6.54 Å². The Bertz CT molecular complexity index is 622. The van der Waals surface area contributed by atoms with Crippen LogP contribution in [0.3, 0.4) is 0 Å². The van der Waals surface area contributed by atoms with E-state index in [1.165, 1.54) is 4.90 Å². The summed E-state index contributed by atoms with van der Waals surface area (Å²) in [6.07, 6.45) is 1.55. The largest absolute Gasteiger partial charge is 0.483 e. The van der Waals surface area contributed by atoms with Crippen molar-refractivity contribution >= 4 is 11.8 Å². The van der Waals surface area contributed by atoms with Gasteiger partial charge in [-0.1, -0.05) is 12.1 Å². The Morgan fingerprint density at radius 3 is 2.67 bits per heavy atom. The van der Waals surface area contributed by atoms with E-state index in [0.29, 0.717) is 18.1 Å². The summed E-state index contributed by atoms with van der Waals surface area (Å²) in [6.45, 7) is 0.175. The summed E-state index contributed by atoms with van der Waals surface area (Å²) in [7, 11) is 1.65. The van der Waals surface area contributed by atoms with Crippen LogP contribution in [-0.2, 0) is 11.3 Å². The molecule has 6 heteroatoms. The van der Waals surface area contributed by atoms with Gasteiger partial charge in [0.1, 0.15) is 11.5 Å². The molecule has 0 saturated carbocycles. The molecule has 0 aliphatic heterocycles. The standard InChI is InChI=1S/C15H16N2O4/c1-17(9-11-5-4-8-20-11)14(18)10-21-13-7-3-2-6-12(13)15(16)19/h2-8H,9-10H2,1H3,(H2,16,19). The number of carbonyl (C=O) groups excluding carboxylic acids is 2. The summed E-state index contributed by atoms with van der Waals surface area (Å²) in [5.74, 6) is 0.154. The molecule has 2 amide bonds. The van der Waals surface area contributed by atoms with Crippen molar-refractivity contribution < 1.29 is 18.7 Å². The monoisotopic (exact) mass is 288 g/mol. The van der Waals surface area contributed by atoms with Crippen LogP contribution in [0, 0.1) is 0 Å². The lowest BCUT2D eigenvalue weighted by molar-refractivity contribution is -0.132. The smallest absolute Gasteiger partial charge is 0.260 e. The average molecular weight is 288 g/mol. The van der Waals surface area contributed by atoms with Gasteiger partial charge in [-0.2, -0.15) is 0 Å². The average Bonchev–Trinajstić information content (AvgIpc) is 2.97. The highest BCUT2D eigenvalue weighted by Crippen LogP contribution is 2.17. The van der Waals surface area contributed by atoms with E-state index < -0.39 is 5.91 Å². The van der Waals surface area contributed by atoms with Crippen LogP contribution < -0.4 is 10.5 Å². The van der Waals surface area contributed by atoms with Gasteiger partial charge in [0.25, 0.3) is 11.8 Å². The first kappa shape index (κ1) is 14.6. The molecule has 0 spiro atoms. The molecule has 0 saturated heterocycles. The second kappa shape index (κ2) is 6.60. The molecule has 1 aromatic carbocycles. The molecule has 110 valence electrons. The molecule has 0 atom stereocenters. The van der Waals surface area contributed by atoms with E-state index in [-0.39, 0.29) is 18.1 Å². The third-order valence-corrected chi connectivity index (χ3v) is 2.90. The van der Waals surface area contributed by atoms with Crippen LogP contribution in [0.4, 0.5) is 0 Å². The first-order valence-corrected chi connectivity index (χ1v) is 6.36. The van der Waals surface area contributed by atoms with Gasteiger partial charge in [0.15, 0.2) is 6.61 Å². The zero-order valence-corrected chi connectivity index (χ0v) is 11.6. The van der Waals surface area contributed by atoms with Crippen molar-refractivity contribution in [1.82, 2.24) is 4.90 Å². The number of para-hydroxylation sites is 1. The molecule has 2 aromatic rings. The fourth-order valence-electron chi connectivity index (χ4n) is 1.77. The summed E-state index contributed by atoms with van der Waals surface area (Å²) in [6, 6.07) is 10.1. The lowest BCUT2D eigenvalue weighted by Crippen LogP contribution is -2.31. The Hall–Kier alpha value is -2.76. The molecule has 0 bridgehead atoms. The third kappa shape index (κ3) is 3.85. The fraction of sp³-hybridized carbons (Fsp3) is 0.200. The van der Waals surface area contributed by atoms with Crippen LogP contribution in [0.25, 0.3) is 0 Å². The maximum absolute atomic E-state index is 12.0. The zero-order valence-electron chi connectivity index (χ0n) is 11.6. The van der Waals surface area contributed by atoms with E-state index in [4.69, 9.17) is 14.9 Å². The van der Waals surface area contributed by atoms with Gasteiger partial charge in [-0.15, -0.1) is 0 Å². The Kier molecular flexibility index (Phi) is 4.61. The number of benzene rings is 1. The molecule has 2 N–H and O–H groups in total. The van der Waals surface area contributed by atoms with E-state index in [1.54, 1.807) is 49.7 Å². The van der Waals surface area contributed by atoms with Crippen molar-refractivity contribution in [1.29, 1.82) is 0 Å². The van der Waals surface area contributed by atoms with Crippen molar-refractivity contribution in [3.8, 4) is 5.75 Å². The maximum atomic E-state index is 12.0. The number of hydrogen-bond acceptors (Lipinski definition) is 4. The second-order valence-electron chi connectivity index (χ2n) is 4.48. The van der Waals surface area contributed by atoms with Gasteiger partial charge in [0.05, 0.1) is 18.4 Å². The Morgan fingerprint density at radius 1 is 1.24 bits per heavy atom. The molecule has 21 heavy (non-hydrogen) atoms. The van der Waals surface area contributed by atoms with Gasteiger partial charge in [-0.3, -0.25) is 9.59 Å². The van der Waals surface area contributed by atoms with E-state index in [9.17, 15) is 9.59 Å². The van der Waals surface area contributed by atoms with E-state index in [0.717, 1.165) is 0 Å². The summed E-state index contributed by atoms with van der Waals surface area (Å²) < 4.78 is 10.5. The molecule has 2 rings (SSSR count). The van der Waals surface area contributed by atoms with Crippen LogP contribution in [0.2, 0.25) is 0 Å². The predicted octanol–water partition coefficient (Wildman–Crippen LogP) is 1.42. The molecular formula is C15H16N2O4. The maximum Gasteiger partial charge on any atom is 0.260 e. The number of ether oxygens (including phenoxy) is 1. The van der Waals surface area contributed by atoms with E-state index >= 15 is 0 Å². The summed E-state index contributed by atoms with van der Waals surface area (Å²) in [4.78, 5) is 24.7. The Morgan fingerprint density at radius 2 is 2.00 bits per heavy atom. The number of carbonyl (C=O) groups is 2. The van der Waals surface area contributed by atoms with E-state index in [2.05, 4.69) is 0 Å². The first-order valence-electron chi connectivity index (χ1n) is 6.36. The Labute approximate surface area is 122 Å². The molecule has 1 heterocycles.